The number of aryl methyl sites for hydroxylation is 1. The number of benzene rings is 2. The van der Waals surface area contributed by atoms with Gasteiger partial charge in [0.2, 0.25) is 0 Å². The van der Waals surface area contributed by atoms with E-state index >= 15 is 0 Å². The van der Waals surface area contributed by atoms with Crippen molar-refractivity contribution in [3.8, 4) is 11.5 Å². The van der Waals surface area contributed by atoms with E-state index in [1.54, 1.807) is 13.2 Å². The number of phenolic OH excluding ortho intramolecular Hbond substituents is 1. The number of methoxy groups -OCH3 is 1. The van der Waals surface area contributed by atoms with Gasteiger partial charge in [0, 0.05) is 25.1 Å². The van der Waals surface area contributed by atoms with E-state index in [1.807, 2.05) is 12.1 Å². The van der Waals surface area contributed by atoms with Crippen LogP contribution in [0.25, 0.3) is 0 Å². The summed E-state index contributed by atoms with van der Waals surface area (Å²) in [4.78, 5) is 0. The Morgan fingerprint density at radius 1 is 1.22 bits per heavy atom. The minimum absolute atomic E-state index is 0.143. The average Bonchev–Trinajstić information content (AvgIpc) is 2.60. The SMILES string of the molecule is COc1cc(CN[C@@H]2c3ccccc3CC[C@H]2CO)ccc1O. The number of aliphatic hydroxyl groups is 1. The van der Waals surface area contributed by atoms with Gasteiger partial charge in [0.15, 0.2) is 11.5 Å². The third kappa shape index (κ3) is 3.33. The van der Waals surface area contributed by atoms with Gasteiger partial charge in [0.25, 0.3) is 0 Å². The second kappa shape index (κ2) is 7.02. The molecule has 0 spiro atoms. The van der Waals surface area contributed by atoms with Crippen molar-refractivity contribution in [2.45, 2.75) is 25.4 Å². The van der Waals surface area contributed by atoms with E-state index in [-0.39, 0.29) is 24.3 Å². The van der Waals surface area contributed by atoms with Gasteiger partial charge in [-0.05, 0) is 41.7 Å². The van der Waals surface area contributed by atoms with Crippen LogP contribution in [-0.2, 0) is 13.0 Å². The van der Waals surface area contributed by atoms with Crippen molar-refractivity contribution in [3.05, 3.63) is 59.2 Å². The van der Waals surface area contributed by atoms with E-state index in [2.05, 4.69) is 29.6 Å². The Bertz CT molecular complexity index is 671. The molecule has 2 aromatic carbocycles. The molecule has 0 fully saturated rings. The van der Waals surface area contributed by atoms with Crippen LogP contribution in [0, 0.1) is 5.92 Å². The molecule has 1 aliphatic rings. The number of ether oxygens (including phenoxy) is 1. The number of rotatable bonds is 5. The van der Waals surface area contributed by atoms with Crippen LogP contribution in [0.2, 0.25) is 0 Å². The zero-order valence-corrected chi connectivity index (χ0v) is 13.3. The van der Waals surface area contributed by atoms with Gasteiger partial charge < -0.3 is 20.3 Å². The molecule has 0 bridgehead atoms. The van der Waals surface area contributed by atoms with Crippen molar-refractivity contribution < 1.29 is 14.9 Å². The molecule has 0 unspecified atom stereocenters. The molecule has 4 heteroatoms. The van der Waals surface area contributed by atoms with Crippen LogP contribution in [0.3, 0.4) is 0 Å². The predicted molar refractivity (Wildman–Crippen MR) is 89.6 cm³/mol. The van der Waals surface area contributed by atoms with E-state index in [1.165, 1.54) is 11.1 Å². The van der Waals surface area contributed by atoms with Crippen LogP contribution in [0.15, 0.2) is 42.5 Å². The number of aromatic hydroxyl groups is 1. The van der Waals surface area contributed by atoms with Gasteiger partial charge in [-0.25, -0.2) is 0 Å². The van der Waals surface area contributed by atoms with Crippen LogP contribution in [0.5, 0.6) is 11.5 Å². The Hall–Kier alpha value is -2.04. The molecule has 4 nitrogen and oxygen atoms in total. The molecule has 23 heavy (non-hydrogen) atoms. The molecule has 0 amide bonds. The van der Waals surface area contributed by atoms with E-state index in [0.717, 1.165) is 18.4 Å². The van der Waals surface area contributed by atoms with Crippen LogP contribution < -0.4 is 10.1 Å². The standard InChI is InChI=1S/C19H23NO3/c1-23-18-10-13(6-9-17(18)22)11-20-19-15(12-21)8-7-14-4-2-3-5-16(14)19/h2-6,9-10,15,19-22H,7-8,11-12H2,1H3/t15-,19-/m0/s1. The van der Waals surface area contributed by atoms with Crippen molar-refractivity contribution in [2.75, 3.05) is 13.7 Å². The lowest BCUT2D eigenvalue weighted by Gasteiger charge is -2.33. The fourth-order valence-corrected chi connectivity index (χ4v) is 3.36. The first-order chi connectivity index (χ1) is 11.2. The van der Waals surface area contributed by atoms with Gasteiger partial charge >= 0.3 is 0 Å². The summed E-state index contributed by atoms with van der Waals surface area (Å²) >= 11 is 0. The van der Waals surface area contributed by atoms with Crippen molar-refractivity contribution in [1.29, 1.82) is 0 Å². The van der Waals surface area contributed by atoms with Crippen molar-refractivity contribution in [2.24, 2.45) is 5.92 Å². The maximum Gasteiger partial charge on any atom is 0.160 e. The molecule has 2 atom stereocenters. The van der Waals surface area contributed by atoms with Gasteiger partial charge in [-0.3, -0.25) is 0 Å². The summed E-state index contributed by atoms with van der Waals surface area (Å²) in [5, 5.41) is 23.0. The lowest BCUT2D eigenvalue weighted by molar-refractivity contribution is 0.173. The Kier molecular flexibility index (Phi) is 4.84. The Labute approximate surface area is 136 Å². The summed E-state index contributed by atoms with van der Waals surface area (Å²) in [6, 6.07) is 13.9. The number of hydrogen-bond acceptors (Lipinski definition) is 4. The minimum Gasteiger partial charge on any atom is -0.504 e. The molecule has 0 saturated heterocycles. The van der Waals surface area contributed by atoms with Crippen molar-refractivity contribution in [3.63, 3.8) is 0 Å². The van der Waals surface area contributed by atoms with Crippen LogP contribution in [-0.4, -0.2) is 23.9 Å². The molecule has 2 aromatic rings. The van der Waals surface area contributed by atoms with Crippen LogP contribution in [0.1, 0.15) is 29.2 Å². The average molecular weight is 313 g/mol. The highest BCUT2D eigenvalue weighted by atomic mass is 16.5. The maximum absolute atomic E-state index is 9.71. The lowest BCUT2D eigenvalue weighted by atomic mass is 9.80. The minimum atomic E-state index is 0.143. The summed E-state index contributed by atoms with van der Waals surface area (Å²) in [6.45, 7) is 0.844. The van der Waals surface area contributed by atoms with E-state index in [0.29, 0.717) is 12.3 Å². The zero-order valence-electron chi connectivity index (χ0n) is 13.3. The fourth-order valence-electron chi connectivity index (χ4n) is 3.36. The number of nitrogens with one attached hydrogen (secondary N) is 1. The van der Waals surface area contributed by atoms with Gasteiger partial charge in [-0.15, -0.1) is 0 Å². The highest BCUT2D eigenvalue weighted by Gasteiger charge is 2.28. The number of hydrogen-bond donors (Lipinski definition) is 3. The first-order valence-corrected chi connectivity index (χ1v) is 8.01. The second-order valence-corrected chi connectivity index (χ2v) is 6.04. The van der Waals surface area contributed by atoms with Gasteiger partial charge in [0.1, 0.15) is 0 Å². The topological polar surface area (TPSA) is 61.7 Å². The number of aliphatic hydroxyl groups excluding tert-OH is 1. The first-order valence-electron chi connectivity index (χ1n) is 8.01. The highest BCUT2D eigenvalue weighted by Crippen LogP contribution is 2.34. The largest absolute Gasteiger partial charge is 0.504 e. The highest BCUT2D eigenvalue weighted by molar-refractivity contribution is 5.42. The molecule has 1 aliphatic carbocycles. The Balaban J connectivity index is 1.78. The normalized spacial score (nSPS) is 20.1. The molecule has 0 heterocycles. The molecule has 0 aliphatic heterocycles. The van der Waals surface area contributed by atoms with Gasteiger partial charge in [-0.2, -0.15) is 0 Å². The Morgan fingerprint density at radius 3 is 2.83 bits per heavy atom. The molecular weight excluding hydrogens is 290 g/mol. The maximum atomic E-state index is 9.71. The van der Waals surface area contributed by atoms with Gasteiger partial charge in [0.05, 0.1) is 7.11 Å². The summed E-state index contributed by atoms with van der Waals surface area (Å²) in [6.07, 6.45) is 2.01. The van der Waals surface area contributed by atoms with Crippen LogP contribution in [0.4, 0.5) is 0 Å². The molecule has 122 valence electrons. The lowest BCUT2D eigenvalue weighted by Crippen LogP contribution is -2.34. The smallest absolute Gasteiger partial charge is 0.160 e. The second-order valence-electron chi connectivity index (χ2n) is 6.04. The molecule has 0 saturated carbocycles. The molecule has 3 N–H and O–H groups in total. The zero-order chi connectivity index (χ0) is 16.2. The summed E-state index contributed by atoms with van der Waals surface area (Å²) < 4.78 is 5.16. The quantitative estimate of drug-likeness (QED) is 0.794. The Morgan fingerprint density at radius 2 is 2.04 bits per heavy atom. The van der Waals surface area contributed by atoms with E-state index in [4.69, 9.17) is 4.74 Å². The predicted octanol–water partition coefficient (Wildman–Crippen LogP) is 2.79. The van der Waals surface area contributed by atoms with Crippen molar-refractivity contribution >= 4 is 0 Å². The van der Waals surface area contributed by atoms with Crippen molar-refractivity contribution in [1.82, 2.24) is 5.32 Å². The third-order valence-corrected chi connectivity index (χ3v) is 4.65. The third-order valence-electron chi connectivity index (χ3n) is 4.65. The summed E-state index contributed by atoms with van der Waals surface area (Å²) in [5.41, 5.74) is 3.68. The molecular formula is C19H23NO3. The fraction of sp³-hybridized carbons (Fsp3) is 0.368. The van der Waals surface area contributed by atoms with E-state index < -0.39 is 0 Å². The monoisotopic (exact) mass is 313 g/mol. The molecule has 0 radical (unpaired) electrons. The summed E-state index contributed by atoms with van der Waals surface area (Å²) in [5.74, 6) is 0.850. The van der Waals surface area contributed by atoms with Crippen LogP contribution >= 0.6 is 0 Å². The number of fused-ring (bicyclic) bond motifs is 1. The molecule has 0 aromatic heterocycles. The van der Waals surface area contributed by atoms with Gasteiger partial charge in [-0.1, -0.05) is 30.3 Å². The number of phenols is 1. The summed E-state index contributed by atoms with van der Waals surface area (Å²) in [7, 11) is 1.55. The first kappa shape index (κ1) is 15.8. The molecule has 3 rings (SSSR count). The van der Waals surface area contributed by atoms with E-state index in [9.17, 15) is 10.2 Å².